The highest BCUT2D eigenvalue weighted by molar-refractivity contribution is 5.35. The molecule has 1 aromatic carbocycles. The van der Waals surface area contributed by atoms with Crippen LogP contribution in [0.5, 0.6) is 0 Å². The monoisotopic (exact) mass is 253 g/mol. The van der Waals surface area contributed by atoms with Gasteiger partial charge in [0.2, 0.25) is 0 Å². The zero-order valence-corrected chi connectivity index (χ0v) is 11.0. The van der Waals surface area contributed by atoms with Crippen LogP contribution in [0.1, 0.15) is 36.0 Å². The summed E-state index contributed by atoms with van der Waals surface area (Å²) >= 11 is 0. The molecule has 19 heavy (non-hydrogen) atoms. The molecule has 1 atom stereocenters. The number of fused-ring (bicyclic) bond motifs is 1. The van der Waals surface area contributed by atoms with Crippen LogP contribution in [-0.2, 0) is 18.4 Å². The molecule has 1 aliphatic carbocycles. The second kappa shape index (κ2) is 5.14. The minimum absolute atomic E-state index is 0.673. The third-order valence-electron chi connectivity index (χ3n) is 4.05. The Morgan fingerprint density at radius 2 is 1.84 bits per heavy atom. The van der Waals surface area contributed by atoms with E-state index >= 15 is 0 Å². The van der Waals surface area contributed by atoms with E-state index in [9.17, 15) is 5.11 Å². The number of aryl methyl sites for hydroxylation is 1. The van der Waals surface area contributed by atoms with Gasteiger partial charge in [0.05, 0.1) is 5.60 Å². The smallest absolute Gasteiger partial charge is 0.0939 e. The summed E-state index contributed by atoms with van der Waals surface area (Å²) in [6.07, 6.45) is 8.42. The van der Waals surface area contributed by atoms with Gasteiger partial charge in [0.1, 0.15) is 0 Å². The summed E-state index contributed by atoms with van der Waals surface area (Å²) in [7, 11) is 0. The lowest BCUT2D eigenvalue weighted by atomic mass is 9.83. The number of hydrogen-bond donors (Lipinski definition) is 1. The van der Waals surface area contributed by atoms with E-state index in [2.05, 4.69) is 23.2 Å². The number of aromatic nitrogens is 1. The predicted octanol–water partition coefficient (Wildman–Crippen LogP) is 3.24. The first-order valence-corrected chi connectivity index (χ1v) is 6.98. The highest BCUT2D eigenvalue weighted by Gasteiger charge is 2.32. The molecule has 0 bridgehead atoms. The van der Waals surface area contributed by atoms with Crippen LogP contribution < -0.4 is 0 Å². The first-order valence-electron chi connectivity index (χ1n) is 6.98. The van der Waals surface area contributed by atoms with Gasteiger partial charge in [0.25, 0.3) is 0 Å². The first kappa shape index (κ1) is 12.4. The number of hydrogen-bond acceptors (Lipinski definition) is 2. The van der Waals surface area contributed by atoms with Crippen molar-refractivity contribution in [1.29, 1.82) is 0 Å². The van der Waals surface area contributed by atoms with E-state index in [1.165, 1.54) is 5.56 Å². The van der Waals surface area contributed by atoms with E-state index in [-0.39, 0.29) is 0 Å². The molecule has 1 heterocycles. The van der Waals surface area contributed by atoms with E-state index in [4.69, 9.17) is 0 Å². The summed E-state index contributed by atoms with van der Waals surface area (Å²) in [4.78, 5) is 4.04. The Bertz CT molecular complexity index is 552. The van der Waals surface area contributed by atoms with E-state index in [1.54, 1.807) is 12.4 Å². The fourth-order valence-corrected chi connectivity index (χ4v) is 3.08. The standard InChI is InChI=1S/C17H19NO/c19-17(13-14-8-11-18-12-9-14)10-4-3-6-15-5-1-2-7-16(15)17/h1-2,5,7-9,11-12,19H,3-4,6,10,13H2. The zero-order valence-electron chi connectivity index (χ0n) is 11.0. The molecule has 0 aliphatic heterocycles. The van der Waals surface area contributed by atoms with Gasteiger partial charge in [-0.05, 0) is 54.5 Å². The summed E-state index contributed by atoms with van der Waals surface area (Å²) < 4.78 is 0. The van der Waals surface area contributed by atoms with Gasteiger partial charge in [0, 0.05) is 18.8 Å². The number of pyridine rings is 1. The van der Waals surface area contributed by atoms with Crippen molar-refractivity contribution in [2.75, 3.05) is 0 Å². The van der Waals surface area contributed by atoms with Gasteiger partial charge in [-0.2, -0.15) is 0 Å². The lowest BCUT2D eigenvalue weighted by Gasteiger charge is -2.29. The van der Waals surface area contributed by atoms with Crippen molar-refractivity contribution in [3.05, 3.63) is 65.5 Å². The largest absolute Gasteiger partial charge is 0.385 e. The highest BCUT2D eigenvalue weighted by Crippen LogP contribution is 2.36. The Labute approximate surface area is 114 Å². The fourth-order valence-electron chi connectivity index (χ4n) is 3.08. The molecule has 1 aromatic heterocycles. The molecule has 2 heteroatoms. The molecule has 0 radical (unpaired) electrons. The van der Waals surface area contributed by atoms with Crippen LogP contribution in [0, 0.1) is 0 Å². The molecule has 0 spiro atoms. The minimum Gasteiger partial charge on any atom is -0.385 e. The molecule has 0 fully saturated rings. The van der Waals surface area contributed by atoms with Gasteiger partial charge in [-0.3, -0.25) is 4.98 Å². The molecule has 0 amide bonds. The second-order valence-corrected chi connectivity index (χ2v) is 5.43. The number of benzene rings is 1. The lowest BCUT2D eigenvalue weighted by molar-refractivity contribution is 0.0272. The third-order valence-corrected chi connectivity index (χ3v) is 4.05. The van der Waals surface area contributed by atoms with Crippen LogP contribution in [0.25, 0.3) is 0 Å². The molecule has 2 nitrogen and oxygen atoms in total. The summed E-state index contributed by atoms with van der Waals surface area (Å²) in [5, 5.41) is 11.1. The quantitative estimate of drug-likeness (QED) is 0.833. The molecule has 1 aliphatic rings. The summed E-state index contributed by atoms with van der Waals surface area (Å²) in [6, 6.07) is 12.3. The summed E-state index contributed by atoms with van der Waals surface area (Å²) in [6.45, 7) is 0. The van der Waals surface area contributed by atoms with Crippen LogP contribution in [0.4, 0.5) is 0 Å². The van der Waals surface area contributed by atoms with Crippen molar-refractivity contribution in [3.63, 3.8) is 0 Å². The minimum atomic E-state index is -0.728. The average Bonchev–Trinajstić information content (AvgIpc) is 2.60. The van der Waals surface area contributed by atoms with Crippen LogP contribution in [0.15, 0.2) is 48.8 Å². The Hall–Kier alpha value is -1.67. The van der Waals surface area contributed by atoms with Crippen LogP contribution >= 0.6 is 0 Å². The van der Waals surface area contributed by atoms with Crippen molar-refractivity contribution in [3.8, 4) is 0 Å². The second-order valence-electron chi connectivity index (χ2n) is 5.43. The lowest BCUT2D eigenvalue weighted by Crippen LogP contribution is -2.28. The predicted molar refractivity (Wildman–Crippen MR) is 75.8 cm³/mol. The molecule has 1 unspecified atom stereocenters. The average molecular weight is 253 g/mol. The van der Waals surface area contributed by atoms with Gasteiger partial charge in [-0.25, -0.2) is 0 Å². The molecule has 1 N–H and O–H groups in total. The number of nitrogens with zero attached hydrogens (tertiary/aromatic N) is 1. The molecular weight excluding hydrogens is 234 g/mol. The molecule has 2 aromatic rings. The van der Waals surface area contributed by atoms with Crippen molar-refractivity contribution >= 4 is 0 Å². The molecule has 0 saturated heterocycles. The Morgan fingerprint density at radius 1 is 1.05 bits per heavy atom. The van der Waals surface area contributed by atoms with Crippen molar-refractivity contribution < 1.29 is 5.11 Å². The van der Waals surface area contributed by atoms with Crippen molar-refractivity contribution in [2.24, 2.45) is 0 Å². The summed E-state index contributed by atoms with van der Waals surface area (Å²) in [5.74, 6) is 0. The normalized spacial score (nSPS) is 22.6. The molecular formula is C17H19NO. The Balaban J connectivity index is 1.98. The van der Waals surface area contributed by atoms with Crippen LogP contribution in [0.2, 0.25) is 0 Å². The maximum atomic E-state index is 11.1. The Kier molecular flexibility index (Phi) is 3.34. The summed E-state index contributed by atoms with van der Waals surface area (Å²) in [5.41, 5.74) is 2.84. The van der Waals surface area contributed by atoms with Gasteiger partial charge < -0.3 is 5.11 Å². The maximum Gasteiger partial charge on any atom is 0.0939 e. The van der Waals surface area contributed by atoms with Gasteiger partial charge in [-0.15, -0.1) is 0 Å². The van der Waals surface area contributed by atoms with Gasteiger partial charge in [0.15, 0.2) is 0 Å². The van der Waals surface area contributed by atoms with Crippen molar-refractivity contribution in [2.45, 2.75) is 37.7 Å². The fraction of sp³-hybridized carbons (Fsp3) is 0.353. The van der Waals surface area contributed by atoms with E-state index in [1.807, 2.05) is 18.2 Å². The highest BCUT2D eigenvalue weighted by atomic mass is 16.3. The van der Waals surface area contributed by atoms with Crippen LogP contribution in [-0.4, -0.2) is 10.1 Å². The maximum absolute atomic E-state index is 11.1. The van der Waals surface area contributed by atoms with E-state index in [0.717, 1.165) is 36.8 Å². The number of rotatable bonds is 2. The molecule has 98 valence electrons. The van der Waals surface area contributed by atoms with Gasteiger partial charge in [-0.1, -0.05) is 24.3 Å². The third kappa shape index (κ3) is 2.54. The SMILES string of the molecule is OC1(Cc2ccncc2)CCCCc2ccccc21. The van der Waals surface area contributed by atoms with Gasteiger partial charge >= 0.3 is 0 Å². The molecule has 3 rings (SSSR count). The number of aliphatic hydroxyl groups is 1. The zero-order chi connectivity index (χ0) is 13.1. The van der Waals surface area contributed by atoms with Crippen molar-refractivity contribution in [1.82, 2.24) is 4.98 Å². The molecule has 0 saturated carbocycles. The van der Waals surface area contributed by atoms with E-state index in [0.29, 0.717) is 6.42 Å². The van der Waals surface area contributed by atoms with Crippen LogP contribution in [0.3, 0.4) is 0 Å². The Morgan fingerprint density at radius 3 is 2.68 bits per heavy atom. The van der Waals surface area contributed by atoms with E-state index < -0.39 is 5.60 Å². The topological polar surface area (TPSA) is 33.1 Å². The first-order chi connectivity index (χ1) is 9.28.